The average Bonchev–Trinajstić information content (AvgIpc) is 3.05. The predicted octanol–water partition coefficient (Wildman–Crippen LogP) is 3.12. The van der Waals surface area contributed by atoms with Crippen molar-refractivity contribution in [1.29, 1.82) is 0 Å². The van der Waals surface area contributed by atoms with Crippen LogP contribution in [0, 0.1) is 13.8 Å². The van der Waals surface area contributed by atoms with Crippen LogP contribution in [0.15, 0.2) is 11.6 Å². The number of thiazole rings is 1. The summed E-state index contributed by atoms with van der Waals surface area (Å²) in [6.45, 7) is 7.05. The number of ketones is 1. The lowest BCUT2D eigenvalue weighted by Crippen LogP contribution is -2.30. The smallest absolute Gasteiger partial charge is 0.256 e. The Balaban J connectivity index is 2.34. The van der Waals surface area contributed by atoms with Crippen LogP contribution in [-0.4, -0.2) is 33.6 Å². The van der Waals surface area contributed by atoms with Crippen LogP contribution < -0.4 is 0 Å². The van der Waals surface area contributed by atoms with Crippen LogP contribution in [-0.2, 0) is 0 Å². The molecule has 5 nitrogen and oxygen atoms in total. The van der Waals surface area contributed by atoms with E-state index in [9.17, 15) is 9.59 Å². The van der Waals surface area contributed by atoms with Crippen LogP contribution in [0.1, 0.15) is 57.0 Å². The molecule has 1 N–H and O–H groups in total. The molecular weight excluding hydrogens is 286 g/mol. The highest BCUT2D eigenvalue weighted by Crippen LogP contribution is 2.26. The van der Waals surface area contributed by atoms with Gasteiger partial charge in [-0.05, 0) is 26.3 Å². The molecule has 0 bridgehead atoms. The first-order valence-electron chi connectivity index (χ1n) is 6.71. The van der Waals surface area contributed by atoms with Crippen molar-refractivity contribution >= 4 is 23.0 Å². The predicted molar refractivity (Wildman–Crippen MR) is 82.9 cm³/mol. The largest absolute Gasteiger partial charge is 0.355 e. The Kier molecular flexibility index (Phi) is 4.27. The lowest BCUT2D eigenvalue weighted by atomic mass is 10.1. The molecule has 2 aromatic rings. The number of rotatable bonds is 4. The maximum atomic E-state index is 12.7. The van der Waals surface area contributed by atoms with Crippen molar-refractivity contribution in [2.45, 2.75) is 33.7 Å². The van der Waals surface area contributed by atoms with Crippen LogP contribution in [0.5, 0.6) is 0 Å². The van der Waals surface area contributed by atoms with Crippen LogP contribution in [0.4, 0.5) is 0 Å². The summed E-state index contributed by atoms with van der Waals surface area (Å²) in [6.07, 6.45) is 1.73. The second-order valence-corrected chi connectivity index (χ2v) is 6.07. The maximum absolute atomic E-state index is 12.7. The molecule has 0 aliphatic heterocycles. The molecule has 0 aromatic carbocycles. The van der Waals surface area contributed by atoms with Crippen molar-refractivity contribution in [2.75, 3.05) is 7.05 Å². The van der Waals surface area contributed by atoms with Crippen molar-refractivity contribution in [2.24, 2.45) is 0 Å². The Hall–Kier alpha value is -1.95. The van der Waals surface area contributed by atoms with Crippen LogP contribution in [0.3, 0.4) is 0 Å². The number of aromatic nitrogens is 2. The van der Waals surface area contributed by atoms with Gasteiger partial charge in [-0.15, -0.1) is 11.3 Å². The van der Waals surface area contributed by atoms with Crippen molar-refractivity contribution < 1.29 is 9.59 Å². The molecule has 21 heavy (non-hydrogen) atoms. The zero-order valence-electron chi connectivity index (χ0n) is 12.9. The highest BCUT2D eigenvalue weighted by Gasteiger charge is 2.26. The van der Waals surface area contributed by atoms with Crippen molar-refractivity contribution in [3.05, 3.63) is 39.1 Å². The van der Waals surface area contributed by atoms with E-state index >= 15 is 0 Å². The topological polar surface area (TPSA) is 66.1 Å². The third-order valence-electron chi connectivity index (χ3n) is 3.71. The molecule has 0 aliphatic carbocycles. The molecule has 112 valence electrons. The fourth-order valence-corrected chi connectivity index (χ4v) is 3.12. The molecule has 0 fully saturated rings. The molecule has 0 spiro atoms. The van der Waals surface area contributed by atoms with Gasteiger partial charge in [0.2, 0.25) is 0 Å². The van der Waals surface area contributed by atoms with Gasteiger partial charge in [-0.25, -0.2) is 4.98 Å². The van der Waals surface area contributed by atoms with E-state index in [1.807, 2.05) is 19.2 Å². The third-order valence-corrected chi connectivity index (χ3v) is 4.66. The van der Waals surface area contributed by atoms with Crippen LogP contribution in [0.2, 0.25) is 0 Å². The number of hydrogen-bond acceptors (Lipinski definition) is 4. The van der Waals surface area contributed by atoms with Gasteiger partial charge in [-0.1, -0.05) is 0 Å². The summed E-state index contributed by atoms with van der Waals surface area (Å²) in [7, 11) is 1.76. The lowest BCUT2D eigenvalue weighted by molar-refractivity contribution is 0.0741. The number of H-pyrrole nitrogens is 1. The number of hydrogen-bond donors (Lipinski definition) is 1. The van der Waals surface area contributed by atoms with E-state index in [2.05, 4.69) is 9.97 Å². The highest BCUT2D eigenvalue weighted by atomic mass is 32.1. The molecule has 2 rings (SSSR count). The number of nitrogens with one attached hydrogen (secondary N) is 1. The number of Topliss-reactive ketones (excluding diaryl/α,β-unsaturated/α-hetero) is 1. The van der Waals surface area contributed by atoms with Gasteiger partial charge in [0.1, 0.15) is 5.01 Å². The second kappa shape index (κ2) is 5.81. The van der Waals surface area contributed by atoms with Crippen molar-refractivity contribution in [1.82, 2.24) is 14.9 Å². The molecule has 1 atom stereocenters. The summed E-state index contributed by atoms with van der Waals surface area (Å²) in [5, 5.41) is 2.79. The fourth-order valence-electron chi connectivity index (χ4n) is 2.38. The standard InChI is InChI=1S/C15H19N3O2S/c1-8-12(9(2)17-13(8)11(4)19)15(20)18(5)10(3)14-16-6-7-21-14/h6-7,10,17H,1-5H3/t10-/m0/s1. The zero-order chi connectivity index (χ0) is 15.7. The number of carbonyl (C=O) groups excluding carboxylic acids is 2. The Bertz CT molecular complexity index is 673. The monoisotopic (exact) mass is 305 g/mol. The number of carbonyl (C=O) groups is 2. The quantitative estimate of drug-likeness (QED) is 0.883. The van der Waals surface area contributed by atoms with E-state index < -0.39 is 0 Å². The Morgan fingerprint density at radius 2 is 2.05 bits per heavy atom. The average molecular weight is 305 g/mol. The Morgan fingerprint density at radius 3 is 2.52 bits per heavy atom. The normalized spacial score (nSPS) is 12.2. The molecular formula is C15H19N3O2S. The first-order valence-corrected chi connectivity index (χ1v) is 7.59. The Morgan fingerprint density at radius 1 is 1.38 bits per heavy atom. The van der Waals surface area contributed by atoms with E-state index in [0.29, 0.717) is 16.8 Å². The van der Waals surface area contributed by atoms with Gasteiger partial charge < -0.3 is 9.88 Å². The summed E-state index contributed by atoms with van der Waals surface area (Å²) in [5.74, 6) is -0.165. The molecule has 2 aromatic heterocycles. The van der Waals surface area contributed by atoms with Gasteiger partial charge in [-0.2, -0.15) is 0 Å². The van der Waals surface area contributed by atoms with Gasteiger partial charge in [-0.3, -0.25) is 9.59 Å². The van der Waals surface area contributed by atoms with E-state index in [1.165, 1.54) is 18.3 Å². The van der Waals surface area contributed by atoms with Crippen LogP contribution >= 0.6 is 11.3 Å². The molecule has 0 aliphatic rings. The third kappa shape index (κ3) is 2.76. The van der Waals surface area contributed by atoms with Gasteiger partial charge in [0.25, 0.3) is 5.91 Å². The van der Waals surface area contributed by atoms with Gasteiger partial charge in [0.15, 0.2) is 5.78 Å². The summed E-state index contributed by atoms with van der Waals surface area (Å²) in [5.41, 5.74) is 2.52. The number of aryl methyl sites for hydroxylation is 1. The summed E-state index contributed by atoms with van der Waals surface area (Å²) >= 11 is 1.52. The Labute approximate surface area is 128 Å². The van der Waals surface area contributed by atoms with Gasteiger partial charge in [0, 0.05) is 31.2 Å². The number of nitrogens with zero attached hydrogens (tertiary/aromatic N) is 2. The molecule has 1 amide bonds. The van der Waals surface area contributed by atoms with Crippen molar-refractivity contribution in [3.63, 3.8) is 0 Å². The molecule has 0 saturated heterocycles. The van der Waals surface area contributed by atoms with Crippen molar-refractivity contribution in [3.8, 4) is 0 Å². The minimum absolute atomic E-state index is 0.0646. The molecule has 0 unspecified atom stereocenters. The second-order valence-electron chi connectivity index (χ2n) is 5.14. The zero-order valence-corrected chi connectivity index (χ0v) is 13.7. The van der Waals surface area contributed by atoms with Gasteiger partial charge in [0.05, 0.1) is 17.3 Å². The molecule has 0 radical (unpaired) electrons. The summed E-state index contributed by atoms with van der Waals surface area (Å²) in [6, 6.07) is -0.105. The molecule has 0 saturated carbocycles. The minimum atomic E-state index is -0.105. The maximum Gasteiger partial charge on any atom is 0.256 e. The van der Waals surface area contributed by atoms with E-state index in [4.69, 9.17) is 0 Å². The van der Waals surface area contributed by atoms with Gasteiger partial charge >= 0.3 is 0 Å². The van der Waals surface area contributed by atoms with E-state index in [0.717, 1.165) is 10.7 Å². The first-order chi connectivity index (χ1) is 9.84. The SMILES string of the molecule is CC(=O)c1[nH]c(C)c(C(=O)N(C)[C@@H](C)c2nccs2)c1C. The number of amides is 1. The van der Waals surface area contributed by atoms with E-state index in [1.54, 1.807) is 25.1 Å². The highest BCUT2D eigenvalue weighted by molar-refractivity contribution is 7.09. The van der Waals surface area contributed by atoms with Crippen LogP contribution in [0.25, 0.3) is 0 Å². The lowest BCUT2D eigenvalue weighted by Gasteiger charge is -2.23. The minimum Gasteiger partial charge on any atom is -0.355 e. The summed E-state index contributed by atoms with van der Waals surface area (Å²) in [4.78, 5) is 33.2. The summed E-state index contributed by atoms with van der Waals surface area (Å²) < 4.78 is 0. The molecule has 2 heterocycles. The first kappa shape index (κ1) is 15.4. The number of aromatic amines is 1. The van der Waals surface area contributed by atoms with E-state index in [-0.39, 0.29) is 17.7 Å². The fraction of sp³-hybridized carbons (Fsp3) is 0.400. The molecule has 6 heteroatoms.